The maximum absolute atomic E-state index is 4.56. The predicted octanol–water partition coefficient (Wildman–Crippen LogP) is 3.22. The molecule has 0 bridgehead atoms. The summed E-state index contributed by atoms with van der Waals surface area (Å²) in [6.45, 7) is 9.18. The van der Waals surface area contributed by atoms with Crippen LogP contribution in [-0.4, -0.2) is 36.0 Å². The van der Waals surface area contributed by atoms with Crippen molar-refractivity contribution in [2.45, 2.75) is 46.3 Å². The van der Waals surface area contributed by atoms with Gasteiger partial charge >= 0.3 is 0 Å². The van der Waals surface area contributed by atoms with Crippen molar-refractivity contribution in [1.82, 2.24) is 20.5 Å². The minimum absolute atomic E-state index is 0.702. The number of aryl methyl sites for hydroxylation is 2. The SMILES string of the molecule is CN=C(NCc1ccc(CN2CCCC2)cc1)NCc1nc(C)c(C)s1. The molecule has 1 aliphatic heterocycles. The smallest absolute Gasteiger partial charge is 0.191 e. The van der Waals surface area contributed by atoms with Gasteiger partial charge in [-0.05, 0) is 50.9 Å². The van der Waals surface area contributed by atoms with Crippen molar-refractivity contribution >= 4 is 17.3 Å². The Morgan fingerprint density at radius 2 is 1.73 bits per heavy atom. The molecule has 0 atom stereocenters. The summed E-state index contributed by atoms with van der Waals surface area (Å²) in [7, 11) is 1.80. The van der Waals surface area contributed by atoms with Crippen LogP contribution in [0.1, 0.15) is 39.5 Å². The molecule has 2 heterocycles. The highest BCUT2D eigenvalue weighted by Gasteiger charge is 2.11. The molecule has 0 radical (unpaired) electrons. The van der Waals surface area contributed by atoms with E-state index in [0.717, 1.165) is 29.8 Å². The first-order valence-electron chi connectivity index (χ1n) is 9.31. The third kappa shape index (κ3) is 5.29. The average molecular weight is 372 g/mol. The van der Waals surface area contributed by atoms with Crippen LogP contribution >= 0.6 is 11.3 Å². The van der Waals surface area contributed by atoms with Crippen LogP contribution < -0.4 is 10.6 Å². The van der Waals surface area contributed by atoms with Crippen molar-refractivity contribution in [1.29, 1.82) is 0 Å². The summed E-state index contributed by atoms with van der Waals surface area (Å²) in [6, 6.07) is 8.90. The molecule has 1 fully saturated rings. The lowest BCUT2D eigenvalue weighted by molar-refractivity contribution is 0.331. The van der Waals surface area contributed by atoms with Gasteiger partial charge in [-0.3, -0.25) is 9.89 Å². The number of rotatable bonds is 6. The topological polar surface area (TPSA) is 52.6 Å². The van der Waals surface area contributed by atoms with Crippen molar-refractivity contribution in [3.63, 3.8) is 0 Å². The van der Waals surface area contributed by atoms with Crippen molar-refractivity contribution in [3.8, 4) is 0 Å². The number of guanidine groups is 1. The van der Waals surface area contributed by atoms with E-state index in [0.29, 0.717) is 6.54 Å². The quantitative estimate of drug-likeness (QED) is 0.605. The number of hydrogen-bond acceptors (Lipinski definition) is 4. The first-order chi connectivity index (χ1) is 12.6. The molecule has 0 unspecified atom stereocenters. The van der Waals surface area contributed by atoms with Crippen molar-refractivity contribution in [2.75, 3.05) is 20.1 Å². The Labute approximate surface area is 160 Å². The van der Waals surface area contributed by atoms with Gasteiger partial charge < -0.3 is 10.6 Å². The molecule has 0 spiro atoms. The molecule has 1 saturated heterocycles. The van der Waals surface area contributed by atoms with E-state index in [4.69, 9.17) is 0 Å². The molecule has 1 aliphatic rings. The van der Waals surface area contributed by atoms with E-state index in [1.165, 1.54) is 41.9 Å². The van der Waals surface area contributed by atoms with Crippen LogP contribution in [0.15, 0.2) is 29.3 Å². The fourth-order valence-electron chi connectivity index (χ4n) is 3.14. The Kier molecular flexibility index (Phi) is 6.63. The minimum atomic E-state index is 0.702. The summed E-state index contributed by atoms with van der Waals surface area (Å²) < 4.78 is 0. The molecule has 1 aromatic carbocycles. The predicted molar refractivity (Wildman–Crippen MR) is 110 cm³/mol. The van der Waals surface area contributed by atoms with E-state index in [9.17, 15) is 0 Å². The van der Waals surface area contributed by atoms with Gasteiger partial charge in [0.2, 0.25) is 0 Å². The molecular weight excluding hydrogens is 342 g/mol. The first-order valence-corrected chi connectivity index (χ1v) is 10.1. The van der Waals surface area contributed by atoms with Crippen molar-refractivity contribution < 1.29 is 0 Å². The standard InChI is InChI=1S/C20H29N5S/c1-15-16(2)26-19(24-15)13-23-20(21-3)22-12-17-6-8-18(9-7-17)14-25-10-4-5-11-25/h6-9H,4-5,10-14H2,1-3H3,(H2,21,22,23). The minimum Gasteiger partial charge on any atom is -0.352 e. The van der Waals surface area contributed by atoms with E-state index >= 15 is 0 Å². The second-order valence-corrected chi connectivity index (χ2v) is 8.12. The van der Waals surface area contributed by atoms with E-state index in [-0.39, 0.29) is 0 Å². The fraction of sp³-hybridized carbons (Fsp3) is 0.500. The summed E-state index contributed by atoms with van der Waals surface area (Å²) in [5.41, 5.74) is 3.77. The zero-order valence-corrected chi connectivity index (χ0v) is 16.8. The zero-order valence-electron chi connectivity index (χ0n) is 16.0. The molecule has 140 valence electrons. The molecular formula is C20H29N5S. The van der Waals surface area contributed by atoms with Gasteiger partial charge in [0.15, 0.2) is 5.96 Å². The molecule has 0 amide bonds. The normalized spacial score (nSPS) is 15.4. The maximum Gasteiger partial charge on any atom is 0.191 e. The highest BCUT2D eigenvalue weighted by atomic mass is 32.1. The molecule has 1 aromatic heterocycles. The molecule has 26 heavy (non-hydrogen) atoms. The fourth-order valence-corrected chi connectivity index (χ4v) is 4.02. The number of hydrogen-bond donors (Lipinski definition) is 2. The molecule has 2 N–H and O–H groups in total. The van der Waals surface area contributed by atoms with Gasteiger partial charge in [0.1, 0.15) is 5.01 Å². The Balaban J connectivity index is 1.45. The molecule has 0 aliphatic carbocycles. The highest BCUT2D eigenvalue weighted by Crippen LogP contribution is 2.16. The van der Waals surface area contributed by atoms with Crippen LogP contribution in [0.25, 0.3) is 0 Å². The van der Waals surface area contributed by atoms with Crippen molar-refractivity contribution in [3.05, 3.63) is 51.0 Å². The lowest BCUT2D eigenvalue weighted by atomic mass is 10.1. The number of nitrogens with one attached hydrogen (secondary N) is 2. The largest absolute Gasteiger partial charge is 0.352 e. The van der Waals surface area contributed by atoms with Gasteiger partial charge in [-0.2, -0.15) is 0 Å². The number of likely N-dealkylation sites (tertiary alicyclic amines) is 1. The average Bonchev–Trinajstić information content (AvgIpc) is 3.26. The van der Waals surface area contributed by atoms with E-state index < -0.39 is 0 Å². The van der Waals surface area contributed by atoms with Crippen LogP contribution in [0, 0.1) is 13.8 Å². The lowest BCUT2D eigenvalue weighted by Gasteiger charge is -2.15. The monoisotopic (exact) mass is 371 g/mol. The number of aliphatic imine (C=N–C) groups is 1. The molecule has 6 heteroatoms. The summed E-state index contributed by atoms with van der Waals surface area (Å²) in [4.78, 5) is 12.7. The third-order valence-corrected chi connectivity index (χ3v) is 5.86. The third-order valence-electron chi connectivity index (χ3n) is 4.79. The molecule has 0 saturated carbocycles. The van der Waals surface area contributed by atoms with Crippen LogP contribution in [0.2, 0.25) is 0 Å². The van der Waals surface area contributed by atoms with Gasteiger partial charge in [-0.25, -0.2) is 4.98 Å². The Bertz CT molecular complexity index is 710. The molecule has 3 rings (SSSR count). The van der Waals surface area contributed by atoms with Gasteiger partial charge in [-0.1, -0.05) is 24.3 Å². The zero-order chi connectivity index (χ0) is 18.4. The summed E-state index contributed by atoms with van der Waals surface area (Å²) >= 11 is 1.74. The Hall–Kier alpha value is -1.92. The summed E-state index contributed by atoms with van der Waals surface area (Å²) in [6.07, 6.45) is 2.68. The van der Waals surface area contributed by atoms with Crippen LogP contribution in [0.5, 0.6) is 0 Å². The van der Waals surface area contributed by atoms with Gasteiger partial charge in [0, 0.05) is 25.0 Å². The summed E-state index contributed by atoms with van der Waals surface area (Å²) in [5.74, 6) is 0.802. The molecule has 2 aromatic rings. The number of nitrogens with zero attached hydrogens (tertiary/aromatic N) is 3. The maximum atomic E-state index is 4.56. The number of aromatic nitrogens is 1. The summed E-state index contributed by atoms with van der Waals surface area (Å²) in [5, 5.41) is 7.80. The van der Waals surface area contributed by atoms with Crippen LogP contribution in [0.4, 0.5) is 0 Å². The second kappa shape index (κ2) is 9.14. The Morgan fingerprint density at radius 3 is 2.35 bits per heavy atom. The highest BCUT2D eigenvalue weighted by molar-refractivity contribution is 7.11. The van der Waals surface area contributed by atoms with Gasteiger partial charge in [0.25, 0.3) is 0 Å². The van der Waals surface area contributed by atoms with Gasteiger partial charge in [-0.15, -0.1) is 11.3 Å². The molecule has 5 nitrogen and oxygen atoms in total. The second-order valence-electron chi connectivity index (χ2n) is 6.83. The Morgan fingerprint density at radius 1 is 1.08 bits per heavy atom. The lowest BCUT2D eigenvalue weighted by Crippen LogP contribution is -2.36. The van der Waals surface area contributed by atoms with Crippen LogP contribution in [-0.2, 0) is 19.6 Å². The van der Waals surface area contributed by atoms with Gasteiger partial charge in [0.05, 0.1) is 12.2 Å². The number of thiazole rings is 1. The van der Waals surface area contributed by atoms with E-state index in [2.05, 4.69) is 63.6 Å². The van der Waals surface area contributed by atoms with E-state index in [1.807, 2.05) is 0 Å². The van der Waals surface area contributed by atoms with Crippen molar-refractivity contribution in [2.24, 2.45) is 4.99 Å². The number of benzene rings is 1. The van der Waals surface area contributed by atoms with E-state index in [1.54, 1.807) is 18.4 Å². The van der Waals surface area contributed by atoms with Crippen LogP contribution in [0.3, 0.4) is 0 Å². The first kappa shape index (κ1) is 18.9.